The van der Waals surface area contributed by atoms with Gasteiger partial charge in [0.2, 0.25) is 10.0 Å². The maximum absolute atomic E-state index is 13.1. The molecule has 0 N–H and O–H groups in total. The minimum absolute atomic E-state index is 0.226. The predicted molar refractivity (Wildman–Crippen MR) is 108 cm³/mol. The van der Waals surface area contributed by atoms with E-state index in [9.17, 15) is 22.4 Å². The highest BCUT2D eigenvalue weighted by Crippen LogP contribution is 2.34. The monoisotopic (exact) mass is 417 g/mol. The number of anilines is 1. The molecule has 0 saturated carbocycles. The number of ether oxygens (including phenoxy) is 1. The molecule has 29 heavy (non-hydrogen) atoms. The number of nitrogens with zero attached hydrogens (tertiary/aromatic N) is 1. The molecule has 2 aromatic carbocycles. The largest absolute Gasteiger partial charge is 0.454 e. The Hall–Kier alpha value is -3.00. The number of hydrogen-bond acceptors (Lipinski definition) is 5. The number of fused-ring (bicyclic) bond motifs is 1. The third-order valence-electron chi connectivity index (χ3n) is 4.52. The molecule has 1 aliphatic rings. The van der Waals surface area contributed by atoms with Crippen LogP contribution in [0.2, 0.25) is 0 Å². The number of carbonyl (C=O) groups is 2. The van der Waals surface area contributed by atoms with Crippen LogP contribution in [-0.4, -0.2) is 39.1 Å². The van der Waals surface area contributed by atoms with Crippen molar-refractivity contribution in [3.8, 4) is 0 Å². The predicted octanol–water partition coefficient (Wildman–Crippen LogP) is 2.98. The van der Waals surface area contributed by atoms with Crippen LogP contribution >= 0.6 is 0 Å². The van der Waals surface area contributed by atoms with Crippen LogP contribution in [0.4, 0.5) is 10.1 Å². The van der Waals surface area contributed by atoms with E-state index in [1.165, 1.54) is 34.6 Å². The van der Waals surface area contributed by atoms with Gasteiger partial charge in [-0.05, 0) is 60.9 Å². The average molecular weight is 417 g/mol. The lowest BCUT2D eigenvalue weighted by Gasteiger charge is -2.21. The number of ketones is 1. The van der Waals surface area contributed by atoms with E-state index in [0.717, 1.165) is 17.9 Å². The fourth-order valence-electron chi connectivity index (χ4n) is 3.32. The molecular weight excluding hydrogens is 397 g/mol. The van der Waals surface area contributed by atoms with Crippen molar-refractivity contribution in [3.05, 3.63) is 71.0 Å². The number of esters is 1. The van der Waals surface area contributed by atoms with Crippen LogP contribution in [0.3, 0.4) is 0 Å². The van der Waals surface area contributed by atoms with E-state index in [1.807, 2.05) is 0 Å². The molecule has 1 atom stereocenters. The zero-order valence-corrected chi connectivity index (χ0v) is 16.8. The summed E-state index contributed by atoms with van der Waals surface area (Å²) in [5.41, 5.74) is 2.15. The Morgan fingerprint density at radius 1 is 1.24 bits per heavy atom. The number of benzene rings is 2. The summed E-state index contributed by atoms with van der Waals surface area (Å²) in [6, 6.07) is 10.2. The van der Waals surface area contributed by atoms with Gasteiger partial charge in [-0.1, -0.05) is 12.1 Å². The highest BCUT2D eigenvalue weighted by molar-refractivity contribution is 7.92. The van der Waals surface area contributed by atoms with Gasteiger partial charge < -0.3 is 4.74 Å². The Labute approximate surface area is 168 Å². The first kappa shape index (κ1) is 20.7. The summed E-state index contributed by atoms with van der Waals surface area (Å²) in [5, 5.41) is 0. The molecule has 3 rings (SSSR count). The first-order valence-corrected chi connectivity index (χ1v) is 10.8. The maximum atomic E-state index is 13.1. The summed E-state index contributed by atoms with van der Waals surface area (Å²) in [6.45, 7) is 1.35. The Balaban J connectivity index is 1.63. The third-order valence-corrected chi connectivity index (χ3v) is 5.79. The number of Topliss-reactive ketones (excluding diaryl/α,β-unsaturated/α-hetero) is 1. The first-order chi connectivity index (χ1) is 13.6. The Kier molecular flexibility index (Phi) is 5.83. The van der Waals surface area contributed by atoms with Crippen molar-refractivity contribution < 1.29 is 27.1 Å². The topological polar surface area (TPSA) is 80.8 Å². The average Bonchev–Trinajstić information content (AvgIpc) is 2.99. The van der Waals surface area contributed by atoms with E-state index >= 15 is 0 Å². The molecule has 1 aliphatic heterocycles. The lowest BCUT2D eigenvalue weighted by molar-refractivity contribution is -0.136. The van der Waals surface area contributed by atoms with Crippen LogP contribution in [0.1, 0.15) is 28.4 Å². The summed E-state index contributed by atoms with van der Waals surface area (Å²) in [5.74, 6) is -1.54. The molecule has 0 aromatic heterocycles. The van der Waals surface area contributed by atoms with Gasteiger partial charge in [0.1, 0.15) is 5.82 Å². The Morgan fingerprint density at radius 2 is 2.00 bits per heavy atom. The molecule has 0 amide bonds. The lowest BCUT2D eigenvalue weighted by atomic mass is 10.0. The van der Waals surface area contributed by atoms with E-state index in [4.69, 9.17) is 4.74 Å². The van der Waals surface area contributed by atoms with Crippen LogP contribution in [0.5, 0.6) is 0 Å². The molecule has 2 aromatic rings. The van der Waals surface area contributed by atoms with Crippen LogP contribution < -0.4 is 4.31 Å². The number of carbonyl (C=O) groups excluding carboxylic acids is 2. The van der Waals surface area contributed by atoms with Crippen LogP contribution in [-0.2, 0) is 26.0 Å². The van der Waals surface area contributed by atoms with Gasteiger partial charge in [-0.25, -0.2) is 17.6 Å². The molecule has 0 unspecified atom stereocenters. The zero-order valence-electron chi connectivity index (χ0n) is 16.0. The minimum Gasteiger partial charge on any atom is -0.454 e. The second-order valence-corrected chi connectivity index (χ2v) is 8.73. The molecule has 0 aliphatic carbocycles. The van der Waals surface area contributed by atoms with E-state index in [-0.39, 0.29) is 6.04 Å². The van der Waals surface area contributed by atoms with Crippen LogP contribution in [0.15, 0.2) is 48.5 Å². The molecule has 0 spiro atoms. The molecule has 6 nitrogen and oxygen atoms in total. The van der Waals surface area contributed by atoms with Crippen molar-refractivity contribution >= 4 is 33.5 Å². The highest BCUT2D eigenvalue weighted by Gasteiger charge is 2.32. The maximum Gasteiger partial charge on any atom is 0.331 e. The molecule has 0 fully saturated rings. The summed E-state index contributed by atoms with van der Waals surface area (Å²) >= 11 is 0. The molecule has 8 heteroatoms. The van der Waals surface area contributed by atoms with E-state index < -0.39 is 34.2 Å². The van der Waals surface area contributed by atoms with Gasteiger partial charge in [-0.15, -0.1) is 0 Å². The van der Waals surface area contributed by atoms with Crippen molar-refractivity contribution in [2.75, 3.05) is 17.2 Å². The molecular formula is C21H20FNO5S. The number of halogens is 1. The summed E-state index contributed by atoms with van der Waals surface area (Å²) in [4.78, 5) is 24.1. The second kappa shape index (κ2) is 8.16. The van der Waals surface area contributed by atoms with Gasteiger partial charge in [-0.3, -0.25) is 9.10 Å². The van der Waals surface area contributed by atoms with E-state index in [2.05, 4.69) is 0 Å². The van der Waals surface area contributed by atoms with Gasteiger partial charge >= 0.3 is 5.97 Å². The van der Waals surface area contributed by atoms with Crippen LogP contribution in [0, 0.1) is 5.82 Å². The van der Waals surface area contributed by atoms with Crippen molar-refractivity contribution in [1.29, 1.82) is 0 Å². The van der Waals surface area contributed by atoms with Crippen molar-refractivity contribution in [1.82, 2.24) is 0 Å². The Morgan fingerprint density at radius 3 is 2.69 bits per heavy atom. The lowest BCUT2D eigenvalue weighted by Crippen LogP contribution is -2.34. The van der Waals surface area contributed by atoms with Gasteiger partial charge in [0.15, 0.2) is 12.4 Å². The van der Waals surface area contributed by atoms with Gasteiger partial charge in [0, 0.05) is 17.7 Å². The summed E-state index contributed by atoms with van der Waals surface area (Å²) < 4.78 is 43.3. The van der Waals surface area contributed by atoms with Crippen molar-refractivity contribution in [2.24, 2.45) is 0 Å². The van der Waals surface area contributed by atoms with E-state index in [0.29, 0.717) is 23.2 Å². The number of sulfonamides is 1. The molecule has 1 heterocycles. The summed E-state index contributed by atoms with van der Waals surface area (Å²) in [7, 11) is -3.40. The van der Waals surface area contributed by atoms with Crippen LogP contribution in [0.25, 0.3) is 6.08 Å². The van der Waals surface area contributed by atoms with Gasteiger partial charge in [0.05, 0.1) is 11.9 Å². The fraction of sp³-hybridized carbons (Fsp3) is 0.238. The number of hydrogen-bond donors (Lipinski definition) is 0. The standard InChI is InChI=1S/C21H20FNO5S/c1-14-10-17-12-16(7-8-19(17)23(14)29(2,26)27)20(24)13-28-21(25)9-6-15-4-3-5-18(22)11-15/h3-9,11-12,14H,10,13H2,1-2H3/b9-6+/t14-/m0/s1. The summed E-state index contributed by atoms with van der Waals surface area (Å²) in [6.07, 6.45) is 4.16. The molecule has 0 radical (unpaired) electrons. The first-order valence-electron chi connectivity index (χ1n) is 8.91. The van der Waals surface area contributed by atoms with Crippen molar-refractivity contribution in [3.63, 3.8) is 0 Å². The highest BCUT2D eigenvalue weighted by atomic mass is 32.2. The molecule has 0 saturated heterocycles. The molecule has 152 valence electrons. The van der Waals surface area contributed by atoms with Crippen molar-refractivity contribution in [2.45, 2.75) is 19.4 Å². The smallest absolute Gasteiger partial charge is 0.331 e. The normalized spacial score (nSPS) is 16.1. The number of rotatable bonds is 6. The third kappa shape index (κ3) is 4.89. The van der Waals surface area contributed by atoms with E-state index in [1.54, 1.807) is 25.1 Å². The van der Waals surface area contributed by atoms with Gasteiger partial charge in [-0.2, -0.15) is 0 Å². The minimum atomic E-state index is -3.40. The quantitative estimate of drug-likeness (QED) is 0.410. The SMILES string of the molecule is C[C@H]1Cc2cc(C(=O)COC(=O)/C=C/c3cccc(F)c3)ccc2N1S(C)(=O)=O. The Bertz CT molecular complexity index is 1090. The fourth-order valence-corrected chi connectivity index (χ4v) is 4.59. The molecule has 0 bridgehead atoms. The second-order valence-electron chi connectivity index (χ2n) is 6.87. The van der Waals surface area contributed by atoms with Gasteiger partial charge in [0.25, 0.3) is 0 Å². The zero-order chi connectivity index (χ0) is 21.2.